The molecule has 0 unspecified atom stereocenters. The first-order chi connectivity index (χ1) is 4.52. The first-order valence-electron chi connectivity index (χ1n) is 3.63. The second-order valence-corrected chi connectivity index (χ2v) is 11.0. The minimum absolute atomic E-state index is 0. The maximum atomic E-state index is 2.43. The molecule has 0 saturated carbocycles. The van der Waals surface area contributed by atoms with Crippen LogP contribution >= 0.6 is 0 Å². The smallest absolute Gasteiger partial charge is 1.00 e. The van der Waals surface area contributed by atoms with Crippen LogP contribution in [0.25, 0.3) is 0 Å². The van der Waals surface area contributed by atoms with E-state index in [1.165, 1.54) is 30.8 Å². The fraction of sp³-hybridized carbons (Fsp3) is 0.500. The molecule has 0 bridgehead atoms. The van der Waals surface area contributed by atoms with E-state index in [-0.39, 0.29) is 24.8 Å². The van der Waals surface area contributed by atoms with E-state index < -0.39 is 8.07 Å². The molecule has 0 amide bonds. The molecule has 0 aromatic heterocycles. The molecule has 1 aliphatic carbocycles. The van der Waals surface area contributed by atoms with Crippen molar-refractivity contribution in [1.29, 1.82) is 0 Å². The molecule has 0 nitrogen and oxygen atoms in total. The van der Waals surface area contributed by atoms with Crippen LogP contribution in [0.15, 0.2) is 20.7 Å². The number of hydrogen-bond donors (Lipinski definition) is 0. The van der Waals surface area contributed by atoms with Gasteiger partial charge in [0.25, 0.3) is 0 Å². The normalized spacial score (nSPS) is 15.8. The van der Waals surface area contributed by atoms with Crippen LogP contribution in [-0.4, -0.2) is 8.07 Å². The molecule has 67 valence electrons. The molecule has 4 heteroatoms. The molecule has 0 aromatic rings. The van der Waals surface area contributed by atoms with Gasteiger partial charge in [0, 0.05) is 0 Å². The molecule has 0 saturated heterocycles. The Kier molecular flexibility index (Phi) is 7.53. The van der Waals surface area contributed by atoms with Gasteiger partial charge in [-0.1, -0.05) is 0 Å². The maximum absolute atomic E-state index is 2.43. The van der Waals surface area contributed by atoms with Gasteiger partial charge in [-0.25, -0.2) is 0 Å². The predicted molar refractivity (Wildman–Crippen MR) is 44.1 cm³/mol. The predicted octanol–water partition coefficient (Wildman–Crippen LogP) is -3.37. The van der Waals surface area contributed by atoms with E-state index in [1.54, 1.807) is 8.53 Å². The van der Waals surface area contributed by atoms with Crippen LogP contribution in [-0.2, 0) is 24.4 Å². The zero-order valence-electron chi connectivity index (χ0n) is 7.62. The summed E-state index contributed by atoms with van der Waals surface area (Å²) in [4.78, 5) is 0. The van der Waals surface area contributed by atoms with E-state index in [9.17, 15) is 0 Å². The summed E-state index contributed by atoms with van der Waals surface area (Å²) < 4.78 is 1.74. The molecule has 0 atom stereocenters. The average Bonchev–Trinajstić information content (AvgIpc) is 2.11. The van der Waals surface area contributed by atoms with Crippen LogP contribution in [0.4, 0.5) is 0 Å². The molecular weight excluding hydrogens is 374 g/mol. The van der Waals surface area contributed by atoms with E-state index in [0.29, 0.717) is 0 Å². The monoisotopic (exact) mass is 387 g/mol. The Morgan fingerprint density at radius 3 is 1.92 bits per heavy atom. The Morgan fingerprint density at radius 1 is 1.25 bits per heavy atom. The zero-order chi connectivity index (χ0) is 7.78. The van der Waals surface area contributed by atoms with Gasteiger partial charge in [-0.15, -0.1) is 0 Å². The van der Waals surface area contributed by atoms with Gasteiger partial charge in [0.05, 0.1) is 0 Å². The van der Waals surface area contributed by atoms with E-state index in [0.717, 1.165) is 0 Å². The quantitative estimate of drug-likeness (QED) is 0.413. The second kappa shape index (κ2) is 5.79. The van der Waals surface area contributed by atoms with Crippen molar-refractivity contribution in [2.75, 3.05) is 0 Å². The Balaban J connectivity index is 0. The van der Waals surface area contributed by atoms with Crippen LogP contribution in [0.1, 0.15) is 6.42 Å². The number of allylic oxidation sites excluding steroid dienone is 4. The van der Waals surface area contributed by atoms with Crippen molar-refractivity contribution in [3.05, 3.63) is 20.7 Å². The minimum Gasteiger partial charge on any atom is -1.00 e. The molecule has 0 aliphatic heterocycles. The zero-order valence-corrected chi connectivity index (χ0v) is 13.7. The standard InChI is InChI=1S/C8H13Si.2ClH.Hf/c1-9(2,3)8-6-4-5-7-8;;;/h4,6H,5H2,1-3H3;2*1H;/q;;;+2/p-2. The van der Waals surface area contributed by atoms with Crippen LogP contribution in [0.5, 0.6) is 0 Å². The van der Waals surface area contributed by atoms with Gasteiger partial charge in [0.2, 0.25) is 0 Å². The topological polar surface area (TPSA) is 0 Å². The summed E-state index contributed by atoms with van der Waals surface area (Å²) in [6.07, 6.45) is 5.93. The van der Waals surface area contributed by atoms with Crippen LogP contribution in [0.3, 0.4) is 0 Å². The first-order valence-corrected chi connectivity index (χ1v) is 8.93. The van der Waals surface area contributed by atoms with Crippen LogP contribution < -0.4 is 24.8 Å². The summed E-state index contributed by atoms with van der Waals surface area (Å²) in [7, 11) is -0.960. The molecule has 0 heterocycles. The van der Waals surface area contributed by atoms with Crippen LogP contribution in [0.2, 0.25) is 19.6 Å². The molecule has 0 radical (unpaired) electrons. The summed E-state index contributed by atoms with van der Waals surface area (Å²) in [6.45, 7) is 7.28. The Labute approximate surface area is 103 Å². The fourth-order valence-corrected chi connectivity index (χ4v) is 7.60. The maximum Gasteiger partial charge on any atom is -1.00 e. The van der Waals surface area contributed by atoms with Crippen LogP contribution in [0, 0.1) is 0 Å². The average molecular weight is 387 g/mol. The second-order valence-electron chi connectivity index (χ2n) is 3.75. The Hall–Kier alpha value is 1.15. The molecule has 0 fully saturated rings. The Morgan fingerprint density at radius 2 is 1.75 bits per heavy atom. The SMILES string of the molecule is C[Si](C)(C)C1=[C]([Hf+2])CC=C1.[Cl-].[Cl-]. The third-order valence-electron chi connectivity index (χ3n) is 1.74. The van der Waals surface area contributed by atoms with Crippen molar-refractivity contribution in [2.24, 2.45) is 0 Å². The summed E-state index contributed by atoms with van der Waals surface area (Å²) >= 11 is 1.27. The van der Waals surface area contributed by atoms with Gasteiger partial charge >= 0.3 is 79.2 Å². The Bertz CT molecular complexity index is 204. The van der Waals surface area contributed by atoms with Gasteiger partial charge in [0.15, 0.2) is 0 Å². The number of hydrogen-bond acceptors (Lipinski definition) is 0. The van der Waals surface area contributed by atoms with Gasteiger partial charge < -0.3 is 24.8 Å². The van der Waals surface area contributed by atoms with Crippen molar-refractivity contribution in [3.63, 3.8) is 0 Å². The van der Waals surface area contributed by atoms with Gasteiger partial charge in [0.1, 0.15) is 0 Å². The minimum atomic E-state index is -0.960. The fourth-order valence-electron chi connectivity index (χ4n) is 1.21. The molecule has 0 spiro atoms. The molecule has 0 N–H and O–H groups in total. The van der Waals surface area contributed by atoms with Gasteiger partial charge in [-0.05, 0) is 0 Å². The molecular formula is C8H13Cl2HfSi. The third-order valence-corrected chi connectivity index (χ3v) is 6.42. The number of rotatable bonds is 1. The van der Waals surface area contributed by atoms with E-state index in [2.05, 4.69) is 31.8 Å². The van der Waals surface area contributed by atoms with Crippen molar-refractivity contribution >= 4 is 8.07 Å². The summed E-state index contributed by atoms with van der Waals surface area (Å²) in [5.41, 5.74) is 0. The van der Waals surface area contributed by atoms with E-state index >= 15 is 0 Å². The molecule has 0 aromatic carbocycles. The van der Waals surface area contributed by atoms with Crippen molar-refractivity contribution in [2.45, 2.75) is 26.1 Å². The first kappa shape index (κ1) is 15.6. The third kappa shape index (κ3) is 3.90. The van der Waals surface area contributed by atoms with Crippen molar-refractivity contribution < 1.29 is 49.2 Å². The van der Waals surface area contributed by atoms with Crippen molar-refractivity contribution in [3.8, 4) is 0 Å². The van der Waals surface area contributed by atoms with Crippen molar-refractivity contribution in [1.82, 2.24) is 0 Å². The molecule has 1 rings (SSSR count). The summed E-state index contributed by atoms with van der Waals surface area (Å²) in [6, 6.07) is 0. The largest absolute Gasteiger partial charge is 1.00 e. The van der Waals surface area contributed by atoms with E-state index in [1.807, 2.05) is 0 Å². The number of halogens is 2. The van der Waals surface area contributed by atoms with E-state index in [4.69, 9.17) is 0 Å². The summed E-state index contributed by atoms with van der Waals surface area (Å²) in [5.74, 6) is 0. The summed E-state index contributed by atoms with van der Waals surface area (Å²) in [5, 5.41) is 1.72. The molecule has 12 heavy (non-hydrogen) atoms. The van der Waals surface area contributed by atoms with Gasteiger partial charge in [-0.2, -0.15) is 0 Å². The molecule has 1 aliphatic rings. The van der Waals surface area contributed by atoms with Gasteiger partial charge in [-0.3, -0.25) is 0 Å².